The number of nitroso groups, excluding NO2 is 1. The summed E-state index contributed by atoms with van der Waals surface area (Å²) in [5.41, 5.74) is 0.703. The highest BCUT2D eigenvalue weighted by atomic mass is 16.3. The van der Waals surface area contributed by atoms with Crippen molar-refractivity contribution in [2.45, 2.75) is 6.92 Å². The van der Waals surface area contributed by atoms with Gasteiger partial charge in [0.25, 0.3) is 0 Å². The average Bonchev–Trinajstić information content (AvgIpc) is 2.72. The van der Waals surface area contributed by atoms with E-state index in [1.165, 1.54) is 0 Å². The van der Waals surface area contributed by atoms with Crippen LogP contribution in [0.2, 0.25) is 0 Å². The van der Waals surface area contributed by atoms with Crippen molar-refractivity contribution in [3.05, 3.63) is 35.1 Å². The summed E-state index contributed by atoms with van der Waals surface area (Å²) in [6, 6.07) is 7.10. The standard InChI is InChI=1S/C12H8N2O3/c1-6-13-10-9(14-16)11(15)7-4-2-3-5-8(7)12(10)17-6/h2-5,15H,1H3. The maximum Gasteiger partial charge on any atom is 0.192 e. The Labute approximate surface area is 95.7 Å². The number of aromatic nitrogens is 1. The number of rotatable bonds is 1. The van der Waals surface area contributed by atoms with Gasteiger partial charge in [-0.2, -0.15) is 0 Å². The van der Waals surface area contributed by atoms with E-state index in [2.05, 4.69) is 10.2 Å². The highest BCUT2D eigenvalue weighted by molar-refractivity contribution is 6.12. The summed E-state index contributed by atoms with van der Waals surface area (Å²) in [6.45, 7) is 1.68. The minimum Gasteiger partial charge on any atom is -0.505 e. The van der Waals surface area contributed by atoms with Gasteiger partial charge in [0.05, 0.1) is 0 Å². The molecule has 0 radical (unpaired) electrons. The lowest BCUT2D eigenvalue weighted by Crippen LogP contribution is -1.78. The number of aromatic hydroxyl groups is 1. The molecule has 3 aromatic rings. The van der Waals surface area contributed by atoms with Crippen LogP contribution in [0.4, 0.5) is 5.69 Å². The molecule has 0 saturated heterocycles. The third kappa shape index (κ3) is 1.22. The van der Waals surface area contributed by atoms with Crippen LogP contribution in [-0.2, 0) is 0 Å². The second-order valence-corrected chi connectivity index (χ2v) is 3.74. The van der Waals surface area contributed by atoms with Gasteiger partial charge < -0.3 is 9.52 Å². The molecule has 0 aliphatic rings. The van der Waals surface area contributed by atoms with Crippen LogP contribution in [0.3, 0.4) is 0 Å². The van der Waals surface area contributed by atoms with E-state index in [0.717, 1.165) is 0 Å². The largest absolute Gasteiger partial charge is 0.505 e. The van der Waals surface area contributed by atoms with Gasteiger partial charge in [-0.3, -0.25) is 0 Å². The molecule has 84 valence electrons. The van der Waals surface area contributed by atoms with E-state index >= 15 is 0 Å². The average molecular weight is 228 g/mol. The van der Waals surface area contributed by atoms with E-state index in [1.807, 2.05) is 6.07 Å². The number of aryl methyl sites for hydroxylation is 1. The molecule has 0 bridgehead atoms. The van der Waals surface area contributed by atoms with E-state index < -0.39 is 0 Å². The van der Waals surface area contributed by atoms with Gasteiger partial charge in [-0.1, -0.05) is 24.3 Å². The van der Waals surface area contributed by atoms with Crippen LogP contribution >= 0.6 is 0 Å². The van der Waals surface area contributed by atoms with Crippen molar-refractivity contribution in [2.24, 2.45) is 5.18 Å². The fourth-order valence-electron chi connectivity index (χ4n) is 1.98. The molecule has 1 heterocycles. The fourth-order valence-corrected chi connectivity index (χ4v) is 1.98. The van der Waals surface area contributed by atoms with E-state index in [1.54, 1.807) is 25.1 Å². The number of phenolic OH excluding ortho intramolecular Hbond substituents is 1. The molecule has 0 unspecified atom stereocenters. The summed E-state index contributed by atoms with van der Waals surface area (Å²) >= 11 is 0. The normalized spacial score (nSPS) is 11.1. The number of benzene rings is 2. The highest BCUT2D eigenvalue weighted by Crippen LogP contribution is 2.42. The lowest BCUT2D eigenvalue weighted by atomic mass is 10.1. The molecule has 0 atom stereocenters. The summed E-state index contributed by atoms with van der Waals surface area (Å²) in [7, 11) is 0. The number of nitrogens with zero attached hydrogens (tertiary/aromatic N) is 2. The maximum atomic E-state index is 10.8. The summed E-state index contributed by atoms with van der Waals surface area (Å²) in [5.74, 6) is 0.275. The Balaban J connectivity index is 2.67. The Morgan fingerprint density at radius 3 is 2.71 bits per heavy atom. The molecular weight excluding hydrogens is 220 g/mol. The Hall–Kier alpha value is -2.43. The minimum atomic E-state index is -0.156. The molecule has 17 heavy (non-hydrogen) atoms. The molecule has 5 nitrogen and oxygen atoms in total. The van der Waals surface area contributed by atoms with Crippen LogP contribution in [0.15, 0.2) is 33.9 Å². The van der Waals surface area contributed by atoms with Crippen LogP contribution < -0.4 is 0 Å². The van der Waals surface area contributed by atoms with Crippen LogP contribution in [0.5, 0.6) is 5.75 Å². The van der Waals surface area contributed by atoms with Gasteiger partial charge in [0, 0.05) is 17.7 Å². The minimum absolute atomic E-state index is 0.0736. The van der Waals surface area contributed by atoms with Crippen molar-refractivity contribution in [1.82, 2.24) is 4.98 Å². The molecule has 0 aliphatic heterocycles. The van der Waals surface area contributed by atoms with Crippen molar-refractivity contribution < 1.29 is 9.52 Å². The van der Waals surface area contributed by atoms with Gasteiger partial charge in [-0.15, -0.1) is 4.91 Å². The summed E-state index contributed by atoms with van der Waals surface area (Å²) in [4.78, 5) is 14.9. The fraction of sp³-hybridized carbons (Fsp3) is 0.0833. The molecule has 1 aromatic heterocycles. The highest BCUT2D eigenvalue weighted by Gasteiger charge is 2.18. The maximum absolute atomic E-state index is 10.8. The first kappa shape index (κ1) is 9.77. The van der Waals surface area contributed by atoms with Crippen molar-refractivity contribution in [3.63, 3.8) is 0 Å². The SMILES string of the molecule is Cc1nc2c(N=O)c(O)c3ccccc3c2o1. The zero-order valence-electron chi connectivity index (χ0n) is 8.97. The van der Waals surface area contributed by atoms with Crippen LogP contribution in [-0.4, -0.2) is 10.1 Å². The number of hydrogen-bond donors (Lipinski definition) is 1. The first-order chi connectivity index (χ1) is 8.22. The predicted molar refractivity (Wildman–Crippen MR) is 63.4 cm³/mol. The molecule has 5 heteroatoms. The van der Waals surface area contributed by atoms with Gasteiger partial charge >= 0.3 is 0 Å². The van der Waals surface area contributed by atoms with E-state index in [9.17, 15) is 10.0 Å². The molecule has 1 N–H and O–H groups in total. The molecule has 3 rings (SSSR count). The van der Waals surface area contributed by atoms with Crippen LogP contribution in [0.1, 0.15) is 5.89 Å². The van der Waals surface area contributed by atoms with Gasteiger partial charge in [0.2, 0.25) is 0 Å². The van der Waals surface area contributed by atoms with Gasteiger partial charge in [0.1, 0.15) is 5.52 Å². The quantitative estimate of drug-likeness (QED) is 0.647. The first-order valence-electron chi connectivity index (χ1n) is 5.06. The Bertz CT molecular complexity index is 746. The monoisotopic (exact) mass is 228 g/mol. The molecule has 2 aromatic carbocycles. The van der Waals surface area contributed by atoms with Crippen molar-refractivity contribution in [2.75, 3.05) is 0 Å². The summed E-state index contributed by atoms with van der Waals surface area (Å²) < 4.78 is 5.46. The van der Waals surface area contributed by atoms with Gasteiger partial charge in [0.15, 0.2) is 22.9 Å². The molecule has 0 amide bonds. The predicted octanol–water partition coefficient (Wildman–Crippen LogP) is 3.39. The molecule has 0 aliphatic carbocycles. The van der Waals surface area contributed by atoms with Crippen molar-refractivity contribution in [1.29, 1.82) is 0 Å². The lowest BCUT2D eigenvalue weighted by Gasteiger charge is -2.02. The number of fused-ring (bicyclic) bond motifs is 3. The van der Waals surface area contributed by atoms with Crippen molar-refractivity contribution in [3.8, 4) is 5.75 Å². The lowest BCUT2D eigenvalue weighted by molar-refractivity contribution is 0.483. The zero-order chi connectivity index (χ0) is 12.0. The third-order valence-electron chi connectivity index (χ3n) is 2.70. The number of oxazole rings is 1. The molecule has 0 saturated carbocycles. The molecule has 0 spiro atoms. The van der Waals surface area contributed by atoms with Crippen LogP contribution in [0.25, 0.3) is 21.9 Å². The smallest absolute Gasteiger partial charge is 0.192 e. The second kappa shape index (κ2) is 3.28. The van der Waals surface area contributed by atoms with E-state index in [4.69, 9.17) is 4.42 Å². The molecular formula is C12H8N2O3. The second-order valence-electron chi connectivity index (χ2n) is 3.74. The summed E-state index contributed by atoms with van der Waals surface area (Å²) in [6.07, 6.45) is 0. The number of phenols is 1. The van der Waals surface area contributed by atoms with Crippen LogP contribution in [0, 0.1) is 11.8 Å². The summed E-state index contributed by atoms with van der Waals surface area (Å²) in [5, 5.41) is 14.1. The number of hydrogen-bond acceptors (Lipinski definition) is 5. The topological polar surface area (TPSA) is 75.7 Å². The van der Waals surface area contributed by atoms with E-state index in [0.29, 0.717) is 27.8 Å². The Morgan fingerprint density at radius 2 is 2.00 bits per heavy atom. The Morgan fingerprint density at radius 1 is 1.29 bits per heavy atom. The Kier molecular flexibility index (Phi) is 1.89. The van der Waals surface area contributed by atoms with Crippen molar-refractivity contribution >= 4 is 27.6 Å². The molecule has 0 fully saturated rings. The zero-order valence-corrected chi connectivity index (χ0v) is 8.97. The van der Waals surface area contributed by atoms with Gasteiger partial charge in [-0.25, -0.2) is 4.98 Å². The van der Waals surface area contributed by atoms with E-state index in [-0.39, 0.29) is 11.4 Å². The van der Waals surface area contributed by atoms with Gasteiger partial charge in [-0.05, 0) is 5.18 Å². The first-order valence-corrected chi connectivity index (χ1v) is 5.06. The third-order valence-corrected chi connectivity index (χ3v) is 2.70.